The lowest BCUT2D eigenvalue weighted by Gasteiger charge is -2.16. The third-order valence-electron chi connectivity index (χ3n) is 5.34. The fourth-order valence-electron chi connectivity index (χ4n) is 3.47. The van der Waals surface area contributed by atoms with E-state index in [4.69, 9.17) is 9.31 Å². The van der Waals surface area contributed by atoms with Crippen LogP contribution in [0.15, 0.2) is 39.5 Å². The molecule has 0 saturated carbocycles. The fourth-order valence-corrected chi connectivity index (χ4v) is 3.86. The molecule has 0 aliphatic heterocycles. The summed E-state index contributed by atoms with van der Waals surface area (Å²) in [5.41, 5.74) is -0.876. The predicted molar refractivity (Wildman–Crippen MR) is 124 cm³/mol. The molecule has 0 radical (unpaired) electrons. The number of aromatic hydroxyl groups is 1. The van der Waals surface area contributed by atoms with Crippen LogP contribution in [0.2, 0.25) is 0 Å². The van der Waals surface area contributed by atoms with Crippen LogP contribution in [-0.4, -0.2) is 34.9 Å². The van der Waals surface area contributed by atoms with Crippen LogP contribution >= 0.6 is 7.82 Å². The summed E-state index contributed by atoms with van der Waals surface area (Å²) < 4.78 is 47.6. The van der Waals surface area contributed by atoms with E-state index in [0.717, 1.165) is 6.07 Å². The van der Waals surface area contributed by atoms with E-state index in [0.29, 0.717) is 12.0 Å². The van der Waals surface area contributed by atoms with Gasteiger partial charge in [0.1, 0.15) is 5.75 Å². The maximum atomic E-state index is 14.0. The molecule has 1 heterocycles. The lowest BCUT2D eigenvalue weighted by atomic mass is 10.0. The minimum atomic E-state index is -4.90. The van der Waals surface area contributed by atoms with Gasteiger partial charge in [-0.25, -0.2) is 9.18 Å². The van der Waals surface area contributed by atoms with E-state index in [1.54, 1.807) is 0 Å². The Balaban J connectivity index is 1.46. The Morgan fingerprint density at radius 1 is 1.14 bits per heavy atom. The number of aryl methyl sites for hydroxylation is 2. The lowest BCUT2D eigenvalue weighted by molar-refractivity contribution is -0.211. The van der Waals surface area contributed by atoms with Gasteiger partial charge < -0.3 is 34.5 Å². The average Bonchev–Trinajstić information content (AvgIpc) is 2.82. The summed E-state index contributed by atoms with van der Waals surface area (Å²) in [6.45, 7) is 1.53. The minimum Gasteiger partial charge on any atom is -0.746 e. The van der Waals surface area contributed by atoms with Gasteiger partial charge in [0.2, 0.25) is 17.6 Å². The number of carbonyl (C=O) groups is 2. The third kappa shape index (κ3) is 7.35. The topological polar surface area (TPSA) is 178 Å². The highest BCUT2D eigenvalue weighted by atomic mass is 31.2. The van der Waals surface area contributed by atoms with Gasteiger partial charge in [0, 0.05) is 24.9 Å². The highest BCUT2D eigenvalue weighted by molar-refractivity contribution is 7.45. The van der Waals surface area contributed by atoms with Crippen molar-refractivity contribution in [3.63, 3.8) is 0 Å². The van der Waals surface area contributed by atoms with Crippen LogP contribution in [0.1, 0.15) is 23.1 Å². The second-order valence-electron chi connectivity index (χ2n) is 7.97. The number of fused-ring (bicyclic) bond motifs is 1. The number of amides is 2. The van der Waals surface area contributed by atoms with E-state index < -0.39 is 48.7 Å². The number of phosphoric ester groups is 1. The zero-order chi connectivity index (χ0) is 27.3. The monoisotopic (exact) mass is 539 g/mol. The molecular formula is C23H22F2N2O9P-. The number of carbonyl (C=O) groups excluding carboxylic acids is 2. The molecule has 14 heteroatoms. The van der Waals surface area contributed by atoms with Gasteiger partial charge in [-0.05, 0) is 42.7 Å². The van der Waals surface area contributed by atoms with Crippen molar-refractivity contribution in [2.45, 2.75) is 26.2 Å². The van der Waals surface area contributed by atoms with Gasteiger partial charge in [0.05, 0.1) is 12.0 Å². The molecule has 198 valence electrons. The Kier molecular flexibility index (Phi) is 8.64. The number of hydrogen-bond donors (Lipinski definition) is 4. The first-order valence-corrected chi connectivity index (χ1v) is 12.3. The second kappa shape index (κ2) is 11.5. The predicted octanol–water partition coefficient (Wildman–Crippen LogP) is 1.33. The van der Waals surface area contributed by atoms with Gasteiger partial charge in [-0.15, -0.1) is 0 Å². The zero-order valence-electron chi connectivity index (χ0n) is 19.4. The van der Waals surface area contributed by atoms with E-state index in [2.05, 4.69) is 15.2 Å². The van der Waals surface area contributed by atoms with Crippen molar-refractivity contribution in [1.82, 2.24) is 10.6 Å². The van der Waals surface area contributed by atoms with E-state index in [1.807, 2.05) is 0 Å². The Morgan fingerprint density at radius 3 is 2.38 bits per heavy atom. The highest BCUT2D eigenvalue weighted by Crippen LogP contribution is 2.33. The number of halogens is 2. The maximum Gasteiger partial charge on any atom is 0.340 e. The number of nitrogens with one attached hydrogen (secondary N) is 2. The van der Waals surface area contributed by atoms with Crippen LogP contribution in [0.5, 0.6) is 11.5 Å². The summed E-state index contributed by atoms with van der Waals surface area (Å²) in [4.78, 5) is 55.9. The highest BCUT2D eigenvalue weighted by Gasteiger charge is 2.21. The van der Waals surface area contributed by atoms with Crippen molar-refractivity contribution in [3.8, 4) is 11.5 Å². The van der Waals surface area contributed by atoms with Crippen molar-refractivity contribution in [2.24, 2.45) is 0 Å². The smallest absolute Gasteiger partial charge is 0.340 e. The summed E-state index contributed by atoms with van der Waals surface area (Å²) in [7, 11) is -4.90. The number of benzene rings is 2. The van der Waals surface area contributed by atoms with Gasteiger partial charge in [-0.1, -0.05) is 12.1 Å². The number of hydrogen-bond acceptors (Lipinski definition) is 8. The van der Waals surface area contributed by atoms with Gasteiger partial charge in [0.25, 0.3) is 0 Å². The van der Waals surface area contributed by atoms with Crippen molar-refractivity contribution in [2.75, 3.05) is 13.1 Å². The standard InChI is InChI=1S/C23H23F2N2O9P/c1-12-15-10-17(24)21(30)20(25)22(15)35-23(31)16(12)11-19(29)27-9-8-26-18(28)7-4-13-2-5-14(6-3-13)36-37(32,33)34/h2-3,5-6,10,30H,4,7-9,11H2,1H3,(H,26,28)(H,27,29)(H2,32,33,34)/p-1. The molecule has 2 amide bonds. The number of phosphoric acid groups is 1. The molecule has 3 rings (SSSR count). The molecule has 0 fully saturated rings. The first-order chi connectivity index (χ1) is 17.4. The SMILES string of the molecule is Cc1c(CC(=O)NCCNC(=O)CCc2ccc(OP(=O)([O-])O)cc2)c(=O)oc2c(F)c(O)c(F)cc12. The maximum absolute atomic E-state index is 14.0. The minimum absolute atomic E-state index is 0.0438. The summed E-state index contributed by atoms with van der Waals surface area (Å²) >= 11 is 0. The molecule has 0 bridgehead atoms. The van der Waals surface area contributed by atoms with Crippen molar-refractivity contribution in [1.29, 1.82) is 0 Å². The van der Waals surface area contributed by atoms with Crippen molar-refractivity contribution >= 4 is 30.6 Å². The number of rotatable bonds is 10. The molecule has 1 atom stereocenters. The lowest BCUT2D eigenvalue weighted by Crippen LogP contribution is -2.36. The Labute approximate surface area is 208 Å². The molecule has 1 aromatic heterocycles. The van der Waals surface area contributed by atoms with Crippen LogP contribution in [0.4, 0.5) is 8.78 Å². The summed E-state index contributed by atoms with van der Waals surface area (Å²) in [6.07, 6.45) is 0.0107. The molecule has 11 nitrogen and oxygen atoms in total. The third-order valence-corrected chi connectivity index (χ3v) is 5.78. The average molecular weight is 539 g/mol. The van der Waals surface area contributed by atoms with E-state index in [-0.39, 0.29) is 47.7 Å². The van der Waals surface area contributed by atoms with E-state index >= 15 is 0 Å². The molecule has 2 aromatic carbocycles. The van der Waals surface area contributed by atoms with Gasteiger partial charge in [0.15, 0.2) is 17.1 Å². The number of phenolic OH excluding ortho intramolecular Hbond substituents is 1. The van der Waals surface area contributed by atoms with E-state index in [9.17, 15) is 37.7 Å². The molecule has 0 aliphatic carbocycles. The quantitative estimate of drug-likeness (QED) is 0.168. The van der Waals surface area contributed by atoms with Crippen LogP contribution in [-0.2, 0) is 27.0 Å². The summed E-state index contributed by atoms with van der Waals surface area (Å²) in [6, 6.07) is 6.55. The number of phenols is 1. The molecule has 37 heavy (non-hydrogen) atoms. The Hall–Kier alpha value is -3.80. The Bertz CT molecular complexity index is 1440. The van der Waals surface area contributed by atoms with Crippen molar-refractivity contribution in [3.05, 3.63) is 69.1 Å². The first-order valence-electron chi connectivity index (χ1n) is 10.8. The molecule has 1 unspecified atom stereocenters. The fraction of sp³-hybridized carbons (Fsp3) is 0.261. The van der Waals surface area contributed by atoms with Gasteiger partial charge in [-0.3, -0.25) is 14.2 Å². The van der Waals surface area contributed by atoms with E-state index in [1.165, 1.54) is 31.2 Å². The first kappa shape index (κ1) is 27.8. The largest absolute Gasteiger partial charge is 0.746 e. The molecule has 0 saturated heterocycles. The molecule has 0 aliphatic rings. The van der Waals surface area contributed by atoms with Crippen LogP contribution in [0, 0.1) is 18.6 Å². The summed E-state index contributed by atoms with van der Waals surface area (Å²) in [5.74, 6) is -4.89. The molecule has 4 N–H and O–H groups in total. The molecular weight excluding hydrogens is 517 g/mol. The normalized spacial score (nSPS) is 12.7. The molecule has 3 aromatic rings. The molecule has 0 spiro atoms. The zero-order valence-corrected chi connectivity index (χ0v) is 20.3. The van der Waals surface area contributed by atoms with Crippen LogP contribution in [0.3, 0.4) is 0 Å². The Morgan fingerprint density at radius 2 is 1.76 bits per heavy atom. The van der Waals surface area contributed by atoms with Crippen LogP contribution in [0.25, 0.3) is 11.0 Å². The van der Waals surface area contributed by atoms with Crippen molar-refractivity contribution < 1.29 is 46.8 Å². The van der Waals surface area contributed by atoms with Gasteiger partial charge >= 0.3 is 13.4 Å². The van der Waals surface area contributed by atoms with Gasteiger partial charge in [-0.2, -0.15) is 4.39 Å². The second-order valence-corrected chi connectivity index (χ2v) is 9.09. The van der Waals surface area contributed by atoms with Crippen LogP contribution < -0.4 is 25.7 Å². The summed E-state index contributed by atoms with van der Waals surface area (Å²) in [5, 5.41) is 14.4.